The van der Waals surface area contributed by atoms with E-state index in [1.165, 1.54) is 0 Å². The van der Waals surface area contributed by atoms with Crippen molar-refractivity contribution in [3.63, 3.8) is 0 Å². The number of rotatable bonds is 4. The van der Waals surface area contributed by atoms with Gasteiger partial charge in [0, 0.05) is 5.02 Å². The molecule has 0 fully saturated rings. The average Bonchev–Trinajstić information content (AvgIpc) is 2.15. The van der Waals surface area contributed by atoms with Crippen molar-refractivity contribution < 1.29 is 14.3 Å². The first kappa shape index (κ1) is 13.2. The van der Waals surface area contributed by atoms with E-state index in [0.717, 1.165) is 5.56 Å². The maximum absolute atomic E-state index is 11.2. The maximum Gasteiger partial charge on any atom is 0.345 e. The minimum atomic E-state index is -0.447. The summed E-state index contributed by atoms with van der Waals surface area (Å²) in [5.74, 6) is 0.171. The molecule has 3 nitrogen and oxygen atoms in total. The minimum Gasteiger partial charge on any atom is -0.482 e. The molecule has 0 aliphatic rings. The molecular formula is C11H13ClO3S. The predicted molar refractivity (Wildman–Crippen MR) is 66.2 cm³/mol. The molecule has 0 N–H and O–H groups in total. The fraction of sp³-hybridized carbons (Fsp3) is 0.364. The molecule has 16 heavy (non-hydrogen) atoms. The molecule has 0 amide bonds. The first-order valence-corrected chi connectivity index (χ1v) is 5.65. The summed E-state index contributed by atoms with van der Waals surface area (Å²) in [4.78, 5) is 11.2. The molecule has 1 unspecified atom stereocenters. The van der Waals surface area contributed by atoms with Crippen molar-refractivity contribution in [2.45, 2.75) is 19.3 Å². The molecule has 5 heteroatoms. The highest BCUT2D eigenvalue weighted by Crippen LogP contribution is 2.21. The Morgan fingerprint density at radius 1 is 1.56 bits per heavy atom. The second-order valence-electron chi connectivity index (χ2n) is 3.29. The standard InChI is InChI=1S/C11H13ClO3S/c1-7-5-9(12)3-4-10(7)14-6-11(13)15-8(2)16/h3-5,8,16H,6H2,1-2H3. The van der Waals surface area contributed by atoms with E-state index in [2.05, 4.69) is 12.6 Å². The number of hydrogen-bond acceptors (Lipinski definition) is 4. The molecule has 1 atom stereocenters. The highest BCUT2D eigenvalue weighted by Gasteiger charge is 2.08. The molecule has 88 valence electrons. The Kier molecular flexibility index (Phi) is 4.96. The lowest BCUT2D eigenvalue weighted by atomic mass is 10.2. The van der Waals surface area contributed by atoms with Crippen LogP contribution in [0.1, 0.15) is 12.5 Å². The number of benzene rings is 1. The van der Waals surface area contributed by atoms with Gasteiger partial charge >= 0.3 is 5.97 Å². The summed E-state index contributed by atoms with van der Waals surface area (Å²) in [5.41, 5.74) is 0.446. The number of esters is 1. The molecule has 0 spiro atoms. The molecule has 1 aromatic rings. The molecule has 1 aromatic carbocycles. The Morgan fingerprint density at radius 2 is 2.25 bits per heavy atom. The van der Waals surface area contributed by atoms with E-state index in [4.69, 9.17) is 21.1 Å². The van der Waals surface area contributed by atoms with E-state index in [9.17, 15) is 4.79 Å². The summed E-state index contributed by atoms with van der Waals surface area (Å²) >= 11 is 9.73. The number of carbonyl (C=O) groups excluding carboxylic acids is 1. The van der Waals surface area contributed by atoms with Crippen molar-refractivity contribution in [1.29, 1.82) is 0 Å². The summed E-state index contributed by atoms with van der Waals surface area (Å²) in [5, 5.41) is 0.636. The van der Waals surface area contributed by atoms with Crippen LogP contribution in [0.5, 0.6) is 5.75 Å². The third kappa shape index (κ3) is 4.33. The van der Waals surface area contributed by atoms with Crippen LogP contribution in [0, 0.1) is 6.92 Å². The Morgan fingerprint density at radius 3 is 2.81 bits per heavy atom. The summed E-state index contributed by atoms with van der Waals surface area (Å²) < 4.78 is 10.1. The average molecular weight is 261 g/mol. The number of ether oxygens (including phenoxy) is 2. The Labute approximate surface area is 105 Å². The topological polar surface area (TPSA) is 35.5 Å². The van der Waals surface area contributed by atoms with Gasteiger partial charge in [0.15, 0.2) is 6.61 Å². The van der Waals surface area contributed by atoms with Crippen LogP contribution in [0.25, 0.3) is 0 Å². The van der Waals surface area contributed by atoms with Gasteiger partial charge in [-0.1, -0.05) is 11.6 Å². The van der Waals surface area contributed by atoms with E-state index in [0.29, 0.717) is 10.8 Å². The van der Waals surface area contributed by atoms with Gasteiger partial charge in [0.2, 0.25) is 0 Å². The van der Waals surface area contributed by atoms with Gasteiger partial charge in [-0.15, -0.1) is 12.6 Å². The zero-order valence-corrected chi connectivity index (χ0v) is 10.7. The molecule has 0 saturated heterocycles. The second-order valence-corrected chi connectivity index (χ2v) is 4.45. The van der Waals surface area contributed by atoms with Gasteiger partial charge in [-0.25, -0.2) is 4.79 Å². The zero-order valence-electron chi connectivity index (χ0n) is 9.07. The Hall–Kier alpha value is -0.870. The van der Waals surface area contributed by atoms with Gasteiger partial charge in [-0.05, 0) is 37.6 Å². The van der Waals surface area contributed by atoms with Crippen molar-refractivity contribution >= 4 is 30.2 Å². The van der Waals surface area contributed by atoms with Crippen LogP contribution in [0.3, 0.4) is 0 Å². The van der Waals surface area contributed by atoms with Crippen LogP contribution in [-0.2, 0) is 9.53 Å². The summed E-state index contributed by atoms with van der Waals surface area (Å²) in [6, 6.07) is 5.19. The van der Waals surface area contributed by atoms with Crippen LogP contribution in [0.2, 0.25) is 5.02 Å². The monoisotopic (exact) mass is 260 g/mol. The number of halogens is 1. The van der Waals surface area contributed by atoms with E-state index in [1.54, 1.807) is 25.1 Å². The van der Waals surface area contributed by atoms with Crippen molar-refractivity contribution in [1.82, 2.24) is 0 Å². The van der Waals surface area contributed by atoms with Crippen LogP contribution < -0.4 is 4.74 Å². The smallest absolute Gasteiger partial charge is 0.345 e. The highest BCUT2D eigenvalue weighted by molar-refractivity contribution is 7.80. The first-order chi connectivity index (χ1) is 7.49. The number of thiol groups is 1. The highest BCUT2D eigenvalue weighted by atomic mass is 35.5. The van der Waals surface area contributed by atoms with Gasteiger partial charge in [0.1, 0.15) is 11.2 Å². The van der Waals surface area contributed by atoms with Crippen LogP contribution in [-0.4, -0.2) is 18.0 Å². The SMILES string of the molecule is Cc1cc(Cl)ccc1OCC(=O)OC(C)S. The molecule has 0 aromatic heterocycles. The van der Waals surface area contributed by atoms with Crippen LogP contribution in [0.15, 0.2) is 18.2 Å². The van der Waals surface area contributed by atoms with E-state index in [-0.39, 0.29) is 6.61 Å². The van der Waals surface area contributed by atoms with Gasteiger partial charge in [0.05, 0.1) is 0 Å². The van der Waals surface area contributed by atoms with E-state index >= 15 is 0 Å². The molecule has 0 heterocycles. The Balaban J connectivity index is 2.51. The molecule has 0 aliphatic heterocycles. The second kappa shape index (κ2) is 6.01. The van der Waals surface area contributed by atoms with Gasteiger partial charge < -0.3 is 9.47 Å². The van der Waals surface area contributed by atoms with Crippen LogP contribution in [0.4, 0.5) is 0 Å². The van der Waals surface area contributed by atoms with Crippen molar-refractivity contribution in [2.24, 2.45) is 0 Å². The Bertz CT molecular complexity index is 379. The van der Waals surface area contributed by atoms with E-state index < -0.39 is 11.4 Å². The largest absolute Gasteiger partial charge is 0.482 e. The molecule has 1 rings (SSSR count). The zero-order chi connectivity index (χ0) is 12.1. The summed E-state index contributed by atoms with van der Waals surface area (Å²) in [7, 11) is 0. The third-order valence-corrected chi connectivity index (χ3v) is 2.13. The first-order valence-electron chi connectivity index (χ1n) is 4.75. The number of aryl methyl sites for hydroxylation is 1. The maximum atomic E-state index is 11.2. The lowest BCUT2D eigenvalue weighted by molar-refractivity contribution is -0.146. The van der Waals surface area contributed by atoms with Crippen LogP contribution >= 0.6 is 24.2 Å². The number of carbonyl (C=O) groups is 1. The summed E-state index contributed by atoms with van der Waals surface area (Å²) in [6.07, 6.45) is 0. The molecule has 0 radical (unpaired) electrons. The normalized spacial score (nSPS) is 12.0. The molecular weight excluding hydrogens is 248 g/mol. The lowest BCUT2D eigenvalue weighted by Crippen LogP contribution is -2.17. The van der Waals surface area contributed by atoms with Gasteiger partial charge in [0.25, 0.3) is 0 Å². The third-order valence-electron chi connectivity index (χ3n) is 1.78. The molecule has 0 saturated carbocycles. The fourth-order valence-corrected chi connectivity index (χ4v) is 1.48. The number of hydrogen-bond donors (Lipinski definition) is 1. The van der Waals surface area contributed by atoms with Gasteiger partial charge in [-0.3, -0.25) is 0 Å². The minimum absolute atomic E-state index is 0.132. The fourth-order valence-electron chi connectivity index (χ4n) is 1.14. The van der Waals surface area contributed by atoms with Gasteiger partial charge in [-0.2, -0.15) is 0 Å². The molecule has 0 aliphatic carbocycles. The van der Waals surface area contributed by atoms with Crippen molar-refractivity contribution in [3.05, 3.63) is 28.8 Å². The van der Waals surface area contributed by atoms with Crippen molar-refractivity contribution in [2.75, 3.05) is 6.61 Å². The molecule has 0 bridgehead atoms. The van der Waals surface area contributed by atoms with Crippen molar-refractivity contribution in [3.8, 4) is 5.75 Å². The predicted octanol–water partition coefficient (Wildman–Crippen LogP) is 2.85. The summed E-state index contributed by atoms with van der Waals surface area (Å²) in [6.45, 7) is 3.38. The lowest BCUT2D eigenvalue weighted by Gasteiger charge is -2.10. The quantitative estimate of drug-likeness (QED) is 0.514. The van der Waals surface area contributed by atoms with E-state index in [1.807, 2.05) is 6.92 Å².